The number of hydrogen-bond donors (Lipinski definition) is 14. The summed E-state index contributed by atoms with van der Waals surface area (Å²) in [4.78, 5) is 122. The summed E-state index contributed by atoms with van der Waals surface area (Å²) in [6.07, 6.45) is 3.31. The van der Waals surface area contributed by atoms with E-state index in [1.54, 1.807) is 0 Å². The van der Waals surface area contributed by atoms with Crippen LogP contribution in [0, 0.1) is 0 Å². The van der Waals surface area contributed by atoms with Gasteiger partial charge in [0.15, 0.2) is 0 Å². The zero-order chi connectivity index (χ0) is 51.0. The Morgan fingerprint density at radius 1 is 0.735 bits per heavy atom. The first-order valence-electron chi connectivity index (χ1n) is 23.0. The van der Waals surface area contributed by atoms with Gasteiger partial charge >= 0.3 is 11.9 Å². The SMILES string of the molecule is CC(C)NCCCC(NC(=O)C1CSC(C(CCC(=O)O)NCC(CC(N)=O)NC(=O)C(NC(=O)C(C)NCC(CCCCNC=O)NC(=O)C(N)CCCCNC=O)C(C)OC=O)N1)C(=O)O. The smallest absolute Gasteiger partial charge is 0.326 e. The molecule has 0 aliphatic carbocycles. The Morgan fingerprint density at radius 3 is 1.96 bits per heavy atom. The van der Waals surface area contributed by atoms with Gasteiger partial charge in [0.1, 0.15) is 18.2 Å². The fourth-order valence-electron chi connectivity index (χ4n) is 6.99. The molecule has 0 radical (unpaired) electrons. The molecule has 1 aliphatic rings. The third kappa shape index (κ3) is 26.4. The summed E-state index contributed by atoms with van der Waals surface area (Å²) in [6, 6.07) is -7.16. The highest BCUT2D eigenvalue weighted by Crippen LogP contribution is 2.24. The van der Waals surface area contributed by atoms with Crippen molar-refractivity contribution in [3.05, 3.63) is 0 Å². The quantitative estimate of drug-likeness (QED) is 0.0206. The molecule has 388 valence electrons. The molecular formula is C42H76N12O13S. The topological polar surface area (TPSA) is 393 Å². The van der Waals surface area contributed by atoms with E-state index in [0.29, 0.717) is 77.4 Å². The van der Waals surface area contributed by atoms with Gasteiger partial charge in [-0.1, -0.05) is 13.8 Å². The van der Waals surface area contributed by atoms with Crippen molar-refractivity contribution in [2.45, 2.75) is 164 Å². The number of unbranched alkanes of at least 4 members (excludes halogenated alkanes) is 2. The molecule has 0 spiro atoms. The molecule has 7 amide bonds. The van der Waals surface area contributed by atoms with Crippen LogP contribution in [0.3, 0.4) is 0 Å². The monoisotopic (exact) mass is 989 g/mol. The van der Waals surface area contributed by atoms with E-state index >= 15 is 0 Å². The molecule has 10 atom stereocenters. The van der Waals surface area contributed by atoms with Crippen LogP contribution < -0.4 is 64.6 Å². The van der Waals surface area contributed by atoms with E-state index in [-0.39, 0.29) is 50.6 Å². The van der Waals surface area contributed by atoms with Gasteiger partial charge in [0.05, 0.1) is 29.5 Å². The third-order valence-electron chi connectivity index (χ3n) is 10.9. The molecule has 25 nitrogen and oxygen atoms in total. The number of amides is 7. The molecule has 10 unspecified atom stereocenters. The van der Waals surface area contributed by atoms with Gasteiger partial charge < -0.3 is 74.3 Å². The first-order chi connectivity index (χ1) is 32.3. The molecule has 16 N–H and O–H groups in total. The Hall–Kier alpha value is -5.15. The van der Waals surface area contributed by atoms with E-state index in [2.05, 4.69) is 53.2 Å². The number of thioether (sulfide) groups is 1. The largest absolute Gasteiger partial charge is 0.481 e. The number of rotatable bonds is 41. The molecule has 26 heteroatoms. The number of carboxylic acids is 2. The number of hydrogen-bond acceptors (Lipinski definition) is 17. The lowest BCUT2D eigenvalue weighted by atomic mass is 10.1. The first-order valence-corrected chi connectivity index (χ1v) is 24.1. The number of carbonyl (C=O) groups excluding carboxylic acids is 8. The number of carboxylic acid groups (broad SMARTS) is 2. The highest BCUT2D eigenvalue weighted by molar-refractivity contribution is 8.00. The molecule has 0 aromatic carbocycles. The lowest BCUT2D eigenvalue weighted by Gasteiger charge is -2.30. The lowest BCUT2D eigenvalue weighted by molar-refractivity contribution is -0.142. The fraction of sp³-hybridized carbons (Fsp3) is 0.762. The van der Waals surface area contributed by atoms with Crippen molar-refractivity contribution in [1.29, 1.82) is 0 Å². The highest BCUT2D eigenvalue weighted by Gasteiger charge is 2.37. The summed E-state index contributed by atoms with van der Waals surface area (Å²) in [7, 11) is 0. The number of aliphatic carboxylic acids is 2. The van der Waals surface area contributed by atoms with Crippen molar-refractivity contribution >= 4 is 72.5 Å². The number of ether oxygens (including phenoxy) is 1. The van der Waals surface area contributed by atoms with Gasteiger partial charge in [0.25, 0.3) is 6.47 Å². The van der Waals surface area contributed by atoms with Crippen LogP contribution in [-0.4, -0.2) is 175 Å². The maximum atomic E-state index is 13.9. The summed E-state index contributed by atoms with van der Waals surface area (Å²) < 4.78 is 5.05. The number of primary amides is 1. The molecule has 1 heterocycles. The molecule has 68 heavy (non-hydrogen) atoms. The minimum atomic E-state index is -1.48. The molecule has 1 rings (SSSR count). The average Bonchev–Trinajstić information content (AvgIpc) is 3.77. The highest BCUT2D eigenvalue weighted by atomic mass is 32.2. The summed E-state index contributed by atoms with van der Waals surface area (Å²) in [5.41, 5.74) is 11.7. The molecule has 0 aromatic rings. The van der Waals surface area contributed by atoms with E-state index in [9.17, 15) is 58.2 Å². The summed E-state index contributed by atoms with van der Waals surface area (Å²) in [5.74, 6) is -5.33. The minimum Gasteiger partial charge on any atom is -0.481 e. The van der Waals surface area contributed by atoms with E-state index in [0.717, 1.165) is 0 Å². The maximum Gasteiger partial charge on any atom is 0.326 e. The second-order valence-electron chi connectivity index (χ2n) is 16.9. The summed E-state index contributed by atoms with van der Waals surface area (Å²) >= 11 is 1.30. The fourth-order valence-corrected chi connectivity index (χ4v) is 8.36. The van der Waals surface area contributed by atoms with Crippen LogP contribution in [0.25, 0.3) is 0 Å². The third-order valence-corrected chi connectivity index (χ3v) is 12.2. The van der Waals surface area contributed by atoms with Crippen LogP contribution in [-0.2, 0) is 52.7 Å². The Morgan fingerprint density at radius 2 is 1.37 bits per heavy atom. The number of nitrogens with one attached hydrogen (secondary N) is 10. The van der Waals surface area contributed by atoms with Crippen LogP contribution in [0.5, 0.6) is 0 Å². The van der Waals surface area contributed by atoms with Crippen molar-refractivity contribution in [3.63, 3.8) is 0 Å². The van der Waals surface area contributed by atoms with Crippen molar-refractivity contribution in [3.8, 4) is 0 Å². The molecular weight excluding hydrogens is 913 g/mol. The standard InChI is InChI=1S/C42H76N12O13S/c1-25(2)47-17-9-12-32(42(65)66)52-39(63)33-21-68-41(53-33)31(13-14-35(59)60)49-20-29(18-34(44)58)51-40(64)36(27(4)67-24-57)54-37(61)26(3)48-19-28(10-5-7-15-45-22-55)50-38(62)30(43)11-6-8-16-46-23-56/h22-33,36,41,47-49,53H,5-21,43H2,1-4H3,(H2,44,58)(H,45,55)(H,46,56)(H,50,62)(H,51,64)(H,52,63)(H,54,61)(H,59,60)(H,65,66). The lowest BCUT2D eigenvalue weighted by Crippen LogP contribution is -2.60. The zero-order valence-electron chi connectivity index (χ0n) is 39.6. The van der Waals surface area contributed by atoms with E-state index < -0.39 is 108 Å². The predicted molar refractivity (Wildman–Crippen MR) is 251 cm³/mol. The van der Waals surface area contributed by atoms with Crippen LogP contribution in [0.1, 0.15) is 98.3 Å². The van der Waals surface area contributed by atoms with Gasteiger partial charge in [-0.05, 0) is 78.2 Å². The van der Waals surface area contributed by atoms with Crippen molar-refractivity contribution < 1.29 is 62.9 Å². The molecule has 0 saturated carbocycles. The van der Waals surface area contributed by atoms with Crippen molar-refractivity contribution in [2.24, 2.45) is 11.5 Å². The van der Waals surface area contributed by atoms with E-state index in [1.807, 2.05) is 13.8 Å². The maximum absolute atomic E-state index is 13.9. The summed E-state index contributed by atoms with van der Waals surface area (Å²) in [6.45, 7) is 8.31. The first kappa shape index (κ1) is 60.9. The molecule has 0 bridgehead atoms. The molecule has 1 saturated heterocycles. The Labute approximate surface area is 401 Å². The van der Waals surface area contributed by atoms with E-state index in [4.69, 9.17) is 16.2 Å². The van der Waals surface area contributed by atoms with Crippen LogP contribution in [0.2, 0.25) is 0 Å². The Balaban J connectivity index is 3.08. The van der Waals surface area contributed by atoms with Gasteiger partial charge in [-0.3, -0.25) is 48.5 Å². The molecule has 1 fully saturated rings. The van der Waals surface area contributed by atoms with Crippen molar-refractivity contribution in [2.75, 3.05) is 38.5 Å². The number of nitrogens with two attached hydrogens (primary N) is 2. The number of carbonyl (C=O) groups is 10. The van der Waals surface area contributed by atoms with E-state index in [1.165, 1.54) is 25.6 Å². The second kappa shape index (κ2) is 35.0. The van der Waals surface area contributed by atoms with Gasteiger partial charge in [-0.25, -0.2) is 4.79 Å². The molecule has 1 aliphatic heterocycles. The predicted octanol–water partition coefficient (Wildman–Crippen LogP) is -3.78. The van der Waals surface area contributed by atoms with Crippen LogP contribution in [0.4, 0.5) is 0 Å². The second-order valence-corrected chi connectivity index (χ2v) is 18.1. The Bertz CT molecular complexity index is 1600. The Kier molecular flexibility index (Phi) is 31.4. The molecule has 0 aromatic heterocycles. The summed E-state index contributed by atoms with van der Waals surface area (Å²) in [5, 5.41) is 47.1. The average molecular weight is 989 g/mol. The van der Waals surface area contributed by atoms with Gasteiger partial charge in [-0.2, -0.15) is 0 Å². The van der Waals surface area contributed by atoms with Gasteiger partial charge in [0, 0.05) is 62.9 Å². The minimum absolute atomic E-state index is 0.0516. The van der Waals surface area contributed by atoms with Crippen molar-refractivity contribution in [1.82, 2.24) is 53.2 Å². The van der Waals surface area contributed by atoms with Gasteiger partial charge in [-0.15, -0.1) is 11.8 Å². The van der Waals surface area contributed by atoms with Gasteiger partial charge in [0.2, 0.25) is 42.4 Å². The zero-order valence-corrected chi connectivity index (χ0v) is 40.4. The van der Waals surface area contributed by atoms with Crippen LogP contribution in [0.15, 0.2) is 0 Å². The normalized spacial score (nSPS) is 18.0. The van der Waals surface area contributed by atoms with Crippen LogP contribution >= 0.6 is 11.8 Å².